The third kappa shape index (κ3) is 7.26. The van der Waals surface area contributed by atoms with Gasteiger partial charge < -0.3 is 4.74 Å². The minimum absolute atomic E-state index is 0.0684. The Morgan fingerprint density at radius 3 is 1.19 bits per heavy atom. The Morgan fingerprint density at radius 1 is 0.595 bits per heavy atom. The highest BCUT2D eigenvalue weighted by molar-refractivity contribution is 7.61. The van der Waals surface area contributed by atoms with Gasteiger partial charge in [0.1, 0.15) is 0 Å². The van der Waals surface area contributed by atoms with Gasteiger partial charge in [-0.2, -0.15) is 0 Å². The highest BCUT2D eigenvalue weighted by atomic mass is 31.1. The molecule has 4 rings (SSSR count). The van der Waals surface area contributed by atoms with Gasteiger partial charge in [0.15, 0.2) is 22.2 Å². The molecule has 0 N–H and O–H groups in total. The number of methoxy groups -OCH3 is 1. The number of esters is 1. The van der Waals surface area contributed by atoms with Gasteiger partial charge in [0.2, 0.25) is 0 Å². The van der Waals surface area contributed by atoms with Crippen molar-refractivity contribution in [1.82, 2.24) is 0 Å². The van der Waals surface area contributed by atoms with Crippen LogP contribution in [0.2, 0.25) is 0 Å². The quantitative estimate of drug-likeness (QED) is 0.139. The van der Waals surface area contributed by atoms with Crippen LogP contribution in [0.15, 0.2) is 121 Å². The highest BCUT2D eigenvalue weighted by Gasteiger charge is 2.24. The summed E-state index contributed by atoms with van der Waals surface area (Å²) in [6, 6.07) is 31.8. The predicted molar refractivity (Wildman–Crippen MR) is 146 cm³/mol. The van der Waals surface area contributed by atoms with Gasteiger partial charge in [0.25, 0.3) is 0 Å². The molecule has 0 unspecified atom stereocenters. The van der Waals surface area contributed by atoms with Crippen molar-refractivity contribution < 1.29 is 23.7 Å². The molecular weight excluding hydrogens is 483 g/mol. The third-order valence-corrected chi connectivity index (χ3v) is 6.87. The van der Waals surface area contributed by atoms with Crippen LogP contribution in [0.4, 0.5) is 0 Å². The number of carbonyl (C=O) groups is 3. The van der Waals surface area contributed by atoms with Crippen molar-refractivity contribution in [3.05, 3.63) is 144 Å². The molecule has 0 spiro atoms. The molecule has 0 saturated heterocycles. The molecule has 5 nitrogen and oxygen atoms in total. The van der Waals surface area contributed by atoms with Crippen LogP contribution in [0.5, 0.6) is 0 Å². The fraction of sp³-hybridized carbons (Fsp3) is 0.0645. The van der Waals surface area contributed by atoms with Crippen molar-refractivity contribution in [1.29, 1.82) is 0 Å². The molecule has 6 heteroatoms. The average Bonchev–Trinajstić information content (AvgIpc) is 2.97. The molecule has 0 amide bonds. The third-order valence-electron chi connectivity index (χ3n) is 5.33. The van der Waals surface area contributed by atoms with Gasteiger partial charge in [0.05, 0.1) is 7.11 Å². The number of rotatable bonds is 7. The topological polar surface area (TPSA) is 77.5 Å². The molecule has 0 fully saturated rings. The summed E-state index contributed by atoms with van der Waals surface area (Å²) in [5.41, 5.74) is 2.78. The van der Waals surface area contributed by atoms with Crippen molar-refractivity contribution >= 4 is 35.9 Å². The number of carbonyl (C=O) groups excluding carboxylic acids is 3. The van der Waals surface area contributed by atoms with Crippen LogP contribution >= 0.6 is 7.80 Å². The minimum atomic E-state index is -1.82. The summed E-state index contributed by atoms with van der Waals surface area (Å²) in [7, 11) is -0.485. The van der Waals surface area contributed by atoms with Crippen LogP contribution in [0.3, 0.4) is 0 Å². The summed E-state index contributed by atoms with van der Waals surface area (Å²) in [5.74, 6) is -0.484. The molecule has 0 saturated carbocycles. The molecular formula is C31H26O5P+. The highest BCUT2D eigenvalue weighted by Crippen LogP contribution is 2.21. The molecule has 0 aliphatic rings. The molecule has 184 valence electrons. The van der Waals surface area contributed by atoms with E-state index >= 15 is 0 Å². The number of ketones is 2. The summed E-state index contributed by atoms with van der Waals surface area (Å²) in [6.45, 7) is 4.95. The molecule has 4 aromatic rings. The minimum Gasteiger partial charge on any atom is -0.466 e. The van der Waals surface area contributed by atoms with E-state index in [0.29, 0.717) is 38.4 Å². The van der Waals surface area contributed by atoms with Gasteiger partial charge in [-0.3, -0.25) is 9.59 Å². The zero-order chi connectivity index (χ0) is 26.8. The summed E-state index contributed by atoms with van der Waals surface area (Å²) < 4.78 is 17.2. The smallest absolute Gasteiger partial charge is 0.415 e. The van der Waals surface area contributed by atoms with Crippen LogP contribution in [-0.2, 0) is 14.1 Å². The summed E-state index contributed by atoms with van der Waals surface area (Å²) in [5, 5.41) is 1.27. The maximum absolute atomic E-state index is 12.9. The lowest BCUT2D eigenvalue weighted by molar-refractivity contribution is -0.136. The number of hydrogen-bond donors (Lipinski definition) is 0. The monoisotopic (exact) mass is 509 g/mol. The van der Waals surface area contributed by atoms with Gasteiger partial charge in [-0.1, -0.05) is 71.8 Å². The van der Waals surface area contributed by atoms with Gasteiger partial charge in [-0.15, -0.1) is 0 Å². The first-order valence-corrected chi connectivity index (χ1v) is 12.7. The van der Waals surface area contributed by atoms with Crippen molar-refractivity contribution in [3.63, 3.8) is 0 Å². The van der Waals surface area contributed by atoms with Crippen LogP contribution in [0, 0.1) is 0 Å². The zero-order valence-corrected chi connectivity index (χ0v) is 21.5. The lowest BCUT2D eigenvalue weighted by Crippen LogP contribution is -2.09. The lowest BCUT2D eigenvalue weighted by Gasteiger charge is -2.01. The van der Waals surface area contributed by atoms with E-state index in [0.717, 1.165) is 0 Å². The largest absolute Gasteiger partial charge is 0.466 e. The van der Waals surface area contributed by atoms with E-state index < -0.39 is 7.80 Å². The van der Waals surface area contributed by atoms with E-state index in [9.17, 15) is 18.9 Å². The molecule has 37 heavy (non-hydrogen) atoms. The fourth-order valence-corrected chi connectivity index (χ4v) is 4.47. The normalized spacial score (nSPS) is 9.89. The van der Waals surface area contributed by atoms with Gasteiger partial charge in [-0.05, 0) is 55.5 Å². The molecule has 0 bridgehead atoms. The van der Waals surface area contributed by atoms with Crippen molar-refractivity contribution in [2.24, 2.45) is 0 Å². The van der Waals surface area contributed by atoms with Gasteiger partial charge in [-0.25, -0.2) is 4.79 Å². The fourth-order valence-electron chi connectivity index (χ4n) is 3.33. The Balaban J connectivity index is 0.000000479. The molecule has 0 heterocycles. The number of hydrogen-bond acceptors (Lipinski definition) is 5. The molecule has 0 aliphatic carbocycles. The molecule has 4 aromatic carbocycles. The van der Waals surface area contributed by atoms with E-state index in [-0.39, 0.29) is 17.5 Å². The second kappa shape index (κ2) is 13.0. The molecule has 0 aromatic heterocycles. The van der Waals surface area contributed by atoms with E-state index in [4.69, 9.17) is 0 Å². The second-order valence-corrected chi connectivity index (χ2v) is 9.67. The average molecular weight is 510 g/mol. The molecule has 0 radical (unpaired) electrons. The van der Waals surface area contributed by atoms with Crippen molar-refractivity contribution in [2.45, 2.75) is 6.92 Å². The van der Waals surface area contributed by atoms with Gasteiger partial charge in [0, 0.05) is 27.8 Å². The Morgan fingerprint density at radius 2 is 0.919 bits per heavy atom. The number of ether oxygens (including phenoxy) is 1. The molecule has 0 aliphatic heterocycles. The van der Waals surface area contributed by atoms with Crippen LogP contribution in [0.1, 0.15) is 38.8 Å². The van der Waals surface area contributed by atoms with Crippen LogP contribution < -0.4 is 10.6 Å². The van der Waals surface area contributed by atoms with Crippen molar-refractivity contribution in [3.8, 4) is 0 Å². The van der Waals surface area contributed by atoms with Crippen LogP contribution in [0.25, 0.3) is 0 Å². The standard InChI is InChI=1S/C26H18O3P.C5H8O2/c27-25(19-7-3-1-4-8-19)21-11-15-23(16-12-21)30(29)24-17-13-22(14-18-24)26(28)20-9-5-2-6-10-20;1-4(2)5(6)7-3/h1-18H;1H2,2-3H3/q+1;. The lowest BCUT2D eigenvalue weighted by atomic mass is 10.0. The first-order valence-electron chi connectivity index (χ1n) is 11.4. The first-order chi connectivity index (χ1) is 17.8. The summed E-state index contributed by atoms with van der Waals surface area (Å²) in [6.07, 6.45) is 0. The Labute approximate surface area is 217 Å². The Bertz CT molecular complexity index is 1310. The Kier molecular flexibility index (Phi) is 9.54. The van der Waals surface area contributed by atoms with Crippen LogP contribution in [-0.4, -0.2) is 24.6 Å². The summed E-state index contributed by atoms with van der Waals surface area (Å²) >= 11 is 0. The zero-order valence-electron chi connectivity index (χ0n) is 20.6. The number of benzene rings is 4. The van der Waals surface area contributed by atoms with Crippen molar-refractivity contribution in [2.75, 3.05) is 7.11 Å². The predicted octanol–water partition coefficient (Wildman–Crippen LogP) is 5.66. The van der Waals surface area contributed by atoms with E-state index in [2.05, 4.69) is 11.3 Å². The SMILES string of the molecule is C=C(C)C(=O)OC.O=C(c1ccccc1)c1ccc([P+](=O)c2ccc(C(=O)c3ccccc3)cc2)cc1. The first kappa shape index (κ1) is 27.1. The van der Waals surface area contributed by atoms with E-state index in [1.807, 2.05) is 36.4 Å². The van der Waals surface area contributed by atoms with E-state index in [1.165, 1.54) is 7.11 Å². The Hall–Kier alpha value is -4.47. The molecule has 0 atom stereocenters. The van der Waals surface area contributed by atoms with E-state index in [1.54, 1.807) is 79.7 Å². The second-order valence-electron chi connectivity index (χ2n) is 8.05. The maximum atomic E-state index is 12.9. The van der Waals surface area contributed by atoms with Gasteiger partial charge >= 0.3 is 13.8 Å². The maximum Gasteiger partial charge on any atom is 0.415 e. The summed E-state index contributed by atoms with van der Waals surface area (Å²) in [4.78, 5) is 35.2.